The van der Waals surface area contributed by atoms with Crippen LogP contribution in [0.3, 0.4) is 0 Å². The molecule has 0 fully saturated rings. The number of hydrogen-bond donors (Lipinski definition) is 1. The molecule has 0 aromatic carbocycles. The summed E-state index contributed by atoms with van der Waals surface area (Å²) in [6.07, 6.45) is 0. The zero-order chi connectivity index (χ0) is 6.62. The number of hydrogen-bond acceptors (Lipinski definition) is 4. The second kappa shape index (κ2) is 3.24. The third kappa shape index (κ3) is 3.21. The van der Waals surface area contributed by atoms with Gasteiger partial charge in [-0.1, -0.05) is 0 Å². The van der Waals surface area contributed by atoms with Crippen LogP contribution in [0, 0.1) is 0 Å². The van der Waals surface area contributed by atoms with Crippen molar-refractivity contribution in [3.8, 4) is 0 Å². The predicted molar refractivity (Wildman–Crippen MR) is 30.4 cm³/mol. The van der Waals surface area contributed by atoms with Gasteiger partial charge < -0.3 is 0 Å². The standard InChI is InChI=1S/C2H5AsO4S/c1-6-3(4,5)7-2-8/h2H,1H3,(H,4,5). The molecule has 1 atom stereocenters. The van der Waals surface area contributed by atoms with E-state index in [0.717, 1.165) is 7.11 Å². The molecule has 8 heavy (non-hydrogen) atoms. The van der Waals surface area contributed by atoms with Crippen molar-refractivity contribution in [2.24, 2.45) is 0 Å². The molecule has 0 aromatic rings. The van der Waals surface area contributed by atoms with E-state index in [1.165, 1.54) is 0 Å². The van der Waals surface area contributed by atoms with E-state index in [4.69, 9.17) is 4.10 Å². The van der Waals surface area contributed by atoms with Gasteiger partial charge in [-0.25, -0.2) is 0 Å². The van der Waals surface area contributed by atoms with Crippen molar-refractivity contribution in [3.05, 3.63) is 0 Å². The van der Waals surface area contributed by atoms with Crippen LogP contribution in [0.2, 0.25) is 0 Å². The third-order valence-corrected chi connectivity index (χ3v) is 2.56. The maximum absolute atomic E-state index is 10.3. The Morgan fingerprint density at radius 2 is 2.38 bits per heavy atom. The molecule has 0 aliphatic carbocycles. The molecule has 0 spiro atoms. The molecule has 0 aliphatic rings. The van der Waals surface area contributed by atoms with Crippen molar-refractivity contribution < 1.29 is 15.3 Å². The minimum atomic E-state index is -4.39. The summed E-state index contributed by atoms with van der Waals surface area (Å²) in [6.45, 7) is 0. The molecule has 0 heterocycles. The van der Waals surface area contributed by atoms with Crippen LogP contribution < -0.4 is 0 Å². The average molecular weight is 200 g/mol. The van der Waals surface area contributed by atoms with E-state index in [-0.39, 0.29) is 0 Å². The molecule has 1 unspecified atom stereocenters. The molecule has 0 aliphatic heterocycles. The first kappa shape index (κ1) is 8.17. The minimum absolute atomic E-state index is 0.712. The summed E-state index contributed by atoms with van der Waals surface area (Å²) in [6, 6.07) is 0. The average Bonchev–Trinajstić information content (AvgIpc) is 1.67. The first-order valence-corrected chi connectivity index (χ1v) is 5.24. The molecule has 0 amide bonds. The Bertz CT molecular complexity index is 123. The summed E-state index contributed by atoms with van der Waals surface area (Å²) in [4.78, 5) is 0. The van der Waals surface area contributed by atoms with Crippen molar-refractivity contribution >= 4 is 32.3 Å². The predicted octanol–water partition coefficient (Wildman–Crippen LogP) is -0.535. The molecular weight excluding hydrogens is 195 g/mol. The fraction of sp³-hybridized carbons (Fsp3) is 0.500. The van der Waals surface area contributed by atoms with E-state index in [9.17, 15) is 3.74 Å². The number of thiocarbonyl (C=S) groups is 1. The SMILES string of the molecule is CO[As](=O)(O)OC=S. The van der Waals surface area contributed by atoms with E-state index >= 15 is 0 Å². The zero-order valence-electron chi connectivity index (χ0n) is 4.10. The molecule has 48 valence electrons. The molecule has 1 N–H and O–H groups in total. The van der Waals surface area contributed by atoms with E-state index < -0.39 is 14.5 Å². The Labute approximate surface area is 55.1 Å². The van der Waals surface area contributed by atoms with Gasteiger partial charge in [-0.2, -0.15) is 0 Å². The van der Waals surface area contributed by atoms with Crippen molar-refractivity contribution in [1.29, 1.82) is 0 Å². The van der Waals surface area contributed by atoms with Gasteiger partial charge in [0.2, 0.25) is 0 Å². The molecule has 0 saturated carbocycles. The Morgan fingerprint density at radius 3 is 2.50 bits per heavy atom. The molecule has 4 nitrogen and oxygen atoms in total. The quantitative estimate of drug-likeness (QED) is 0.490. The van der Waals surface area contributed by atoms with Gasteiger partial charge in [0.1, 0.15) is 0 Å². The Balaban J connectivity index is 3.72. The van der Waals surface area contributed by atoms with Crippen molar-refractivity contribution in [2.75, 3.05) is 7.11 Å². The van der Waals surface area contributed by atoms with Crippen molar-refractivity contribution in [3.63, 3.8) is 0 Å². The molecule has 0 rings (SSSR count). The second-order valence-corrected chi connectivity index (χ2v) is 4.22. The van der Waals surface area contributed by atoms with Gasteiger partial charge >= 0.3 is 54.7 Å². The fourth-order valence-electron chi connectivity index (χ4n) is 0.0974. The molecule has 0 saturated heterocycles. The molecule has 0 aromatic heterocycles. The summed E-state index contributed by atoms with van der Waals surface area (Å²) in [7, 11) is 1.08. The maximum atomic E-state index is 10.3. The van der Waals surface area contributed by atoms with Crippen LogP contribution >= 0.6 is 12.2 Å². The zero-order valence-corrected chi connectivity index (χ0v) is 6.80. The fourth-order valence-corrected chi connectivity index (χ4v) is 1.07. The van der Waals surface area contributed by atoms with E-state index in [2.05, 4.69) is 19.7 Å². The van der Waals surface area contributed by atoms with Crippen LogP contribution in [0.1, 0.15) is 0 Å². The van der Waals surface area contributed by atoms with Gasteiger partial charge in [0.05, 0.1) is 0 Å². The van der Waals surface area contributed by atoms with Gasteiger partial charge in [0.25, 0.3) is 0 Å². The van der Waals surface area contributed by atoms with Gasteiger partial charge in [-0.05, 0) is 0 Å². The van der Waals surface area contributed by atoms with Gasteiger partial charge in [-0.15, -0.1) is 0 Å². The van der Waals surface area contributed by atoms with Crippen LogP contribution in [0.4, 0.5) is 0 Å². The first-order valence-electron chi connectivity index (χ1n) is 1.63. The van der Waals surface area contributed by atoms with E-state index in [0.29, 0.717) is 5.55 Å². The van der Waals surface area contributed by atoms with Crippen LogP contribution in [-0.2, 0) is 11.2 Å². The van der Waals surface area contributed by atoms with Crippen molar-refractivity contribution in [2.45, 2.75) is 0 Å². The topological polar surface area (TPSA) is 55.8 Å². The molecule has 0 bridgehead atoms. The van der Waals surface area contributed by atoms with Crippen LogP contribution in [-0.4, -0.2) is 31.3 Å². The van der Waals surface area contributed by atoms with Crippen LogP contribution in [0.25, 0.3) is 0 Å². The van der Waals surface area contributed by atoms with E-state index in [1.54, 1.807) is 0 Å². The normalized spacial score (nSPS) is 16.8. The van der Waals surface area contributed by atoms with Gasteiger partial charge in [-0.3, -0.25) is 0 Å². The summed E-state index contributed by atoms with van der Waals surface area (Å²) in [5.41, 5.74) is 0.712. The van der Waals surface area contributed by atoms with Crippen LogP contribution in [0.15, 0.2) is 0 Å². The van der Waals surface area contributed by atoms with E-state index in [1.807, 2.05) is 0 Å². The Hall–Kier alpha value is 0.168. The Morgan fingerprint density at radius 1 is 1.88 bits per heavy atom. The van der Waals surface area contributed by atoms with Crippen LogP contribution in [0.5, 0.6) is 0 Å². The van der Waals surface area contributed by atoms with Crippen molar-refractivity contribution in [1.82, 2.24) is 0 Å². The van der Waals surface area contributed by atoms with Gasteiger partial charge in [0.15, 0.2) is 0 Å². The summed E-state index contributed by atoms with van der Waals surface area (Å²) >= 11 is -0.266. The first-order chi connectivity index (χ1) is 3.62. The summed E-state index contributed by atoms with van der Waals surface area (Å²) in [5, 5.41) is 0. The number of rotatable bonds is 3. The second-order valence-electron chi connectivity index (χ2n) is 0.853. The monoisotopic (exact) mass is 200 g/mol. The summed E-state index contributed by atoms with van der Waals surface area (Å²) < 4.78 is 26.7. The Kier molecular flexibility index (Phi) is 3.31. The third-order valence-electron chi connectivity index (χ3n) is 0.407. The summed E-state index contributed by atoms with van der Waals surface area (Å²) in [5.74, 6) is 0. The van der Waals surface area contributed by atoms with Gasteiger partial charge in [0, 0.05) is 0 Å². The molecular formula is C2H5AsO4S. The molecule has 6 heteroatoms. The molecule has 0 radical (unpaired) electrons.